The molecule has 0 aliphatic rings. The number of nitrogens with two attached hydrogens (primary N) is 1. The third-order valence-electron chi connectivity index (χ3n) is 3.27. The Bertz CT molecular complexity index is 418. The predicted molar refractivity (Wildman–Crippen MR) is 81.3 cm³/mol. The van der Waals surface area contributed by atoms with Crippen molar-refractivity contribution in [2.24, 2.45) is 0 Å². The van der Waals surface area contributed by atoms with E-state index in [9.17, 15) is 4.79 Å². The summed E-state index contributed by atoms with van der Waals surface area (Å²) >= 11 is 0. The van der Waals surface area contributed by atoms with E-state index in [1.54, 1.807) is 6.07 Å². The summed E-state index contributed by atoms with van der Waals surface area (Å²) in [6, 6.07) is 4.54. The minimum absolute atomic E-state index is 0.203. The normalized spacial score (nSPS) is 10.4. The molecule has 0 aliphatic carbocycles. The summed E-state index contributed by atoms with van der Waals surface area (Å²) in [5, 5.41) is 8.92. The van der Waals surface area contributed by atoms with Gasteiger partial charge in [-0.3, -0.25) is 0 Å². The number of carboxylic acid groups (broad SMARTS) is 1. The second-order valence-corrected chi connectivity index (χ2v) is 5.03. The molecule has 3 N–H and O–H groups in total. The summed E-state index contributed by atoms with van der Waals surface area (Å²) in [5.41, 5.74) is 6.45. The van der Waals surface area contributed by atoms with Crippen LogP contribution in [0.3, 0.4) is 0 Å². The van der Waals surface area contributed by atoms with Crippen LogP contribution in [0.5, 0.6) is 5.75 Å². The molecular weight excluding hydrogens is 254 g/mol. The predicted octanol–water partition coefficient (Wildman–Crippen LogP) is 4.10. The van der Waals surface area contributed by atoms with E-state index >= 15 is 0 Å². The van der Waals surface area contributed by atoms with Crippen LogP contribution in [0.1, 0.15) is 62.2 Å². The molecular formula is C16H25NO3. The highest BCUT2D eigenvalue weighted by Crippen LogP contribution is 2.23. The lowest BCUT2D eigenvalue weighted by molar-refractivity contribution is 0.0696. The Balaban J connectivity index is 2.24. The van der Waals surface area contributed by atoms with Gasteiger partial charge >= 0.3 is 5.97 Å². The molecule has 0 bridgehead atoms. The lowest BCUT2D eigenvalue weighted by Gasteiger charge is -2.09. The molecule has 1 rings (SSSR count). The fourth-order valence-electron chi connectivity index (χ4n) is 2.03. The monoisotopic (exact) mass is 279 g/mol. The lowest BCUT2D eigenvalue weighted by atomic mass is 10.1. The molecule has 0 heterocycles. The zero-order chi connectivity index (χ0) is 14.8. The van der Waals surface area contributed by atoms with E-state index in [-0.39, 0.29) is 5.56 Å². The summed E-state index contributed by atoms with van der Waals surface area (Å²) < 4.78 is 5.57. The Morgan fingerprint density at radius 1 is 1.15 bits per heavy atom. The molecule has 0 spiro atoms. The largest absolute Gasteiger partial charge is 0.491 e. The van der Waals surface area contributed by atoms with Gasteiger partial charge in [-0.15, -0.1) is 0 Å². The van der Waals surface area contributed by atoms with Crippen LogP contribution in [0.25, 0.3) is 0 Å². The van der Waals surface area contributed by atoms with Gasteiger partial charge in [-0.05, 0) is 24.6 Å². The zero-order valence-corrected chi connectivity index (χ0v) is 12.2. The lowest BCUT2D eigenvalue weighted by Crippen LogP contribution is -2.03. The van der Waals surface area contributed by atoms with Crippen LogP contribution in [0.15, 0.2) is 18.2 Å². The van der Waals surface area contributed by atoms with Gasteiger partial charge < -0.3 is 15.6 Å². The molecule has 0 atom stereocenters. The van der Waals surface area contributed by atoms with E-state index in [0.29, 0.717) is 18.0 Å². The number of nitrogen functional groups attached to an aromatic ring is 1. The van der Waals surface area contributed by atoms with Gasteiger partial charge in [0.05, 0.1) is 17.9 Å². The van der Waals surface area contributed by atoms with Crippen LogP contribution in [0.4, 0.5) is 5.69 Å². The minimum atomic E-state index is -0.967. The highest BCUT2D eigenvalue weighted by molar-refractivity contribution is 5.89. The van der Waals surface area contributed by atoms with Crippen LogP contribution >= 0.6 is 0 Å². The quantitative estimate of drug-likeness (QED) is 0.499. The first-order chi connectivity index (χ1) is 9.65. The summed E-state index contributed by atoms with van der Waals surface area (Å²) in [4.78, 5) is 10.9. The highest BCUT2D eigenvalue weighted by Gasteiger charge is 2.07. The van der Waals surface area contributed by atoms with Crippen LogP contribution < -0.4 is 10.5 Å². The van der Waals surface area contributed by atoms with Crippen molar-refractivity contribution >= 4 is 11.7 Å². The van der Waals surface area contributed by atoms with Crippen molar-refractivity contribution in [1.29, 1.82) is 0 Å². The molecule has 1 aromatic rings. The SMILES string of the molecule is CCCCCCCCCOc1cc(C(=O)O)ccc1N. The standard InChI is InChI=1S/C16H25NO3/c1-2-3-4-5-6-7-8-11-20-15-12-13(16(18)19)9-10-14(15)17/h9-10,12H,2-8,11,17H2,1H3,(H,18,19). The number of carboxylic acids is 1. The van der Waals surface area contributed by atoms with Crippen LogP contribution in [0.2, 0.25) is 0 Å². The van der Waals surface area contributed by atoms with Crippen molar-refractivity contribution in [2.45, 2.75) is 51.9 Å². The number of unbranched alkanes of at least 4 members (excludes halogenated alkanes) is 6. The van der Waals surface area contributed by atoms with E-state index in [1.165, 1.54) is 44.2 Å². The smallest absolute Gasteiger partial charge is 0.335 e. The van der Waals surface area contributed by atoms with Crippen molar-refractivity contribution < 1.29 is 14.6 Å². The zero-order valence-electron chi connectivity index (χ0n) is 12.2. The molecule has 112 valence electrons. The van der Waals surface area contributed by atoms with Crippen molar-refractivity contribution in [3.63, 3.8) is 0 Å². The molecule has 0 amide bonds. The number of hydrogen-bond donors (Lipinski definition) is 2. The minimum Gasteiger partial charge on any atom is -0.491 e. The van der Waals surface area contributed by atoms with Crippen LogP contribution in [-0.4, -0.2) is 17.7 Å². The van der Waals surface area contributed by atoms with Crippen molar-refractivity contribution in [2.75, 3.05) is 12.3 Å². The molecule has 20 heavy (non-hydrogen) atoms. The van der Waals surface area contributed by atoms with Gasteiger partial charge in [0.25, 0.3) is 0 Å². The van der Waals surface area contributed by atoms with E-state index in [1.807, 2.05) is 0 Å². The maximum absolute atomic E-state index is 10.9. The molecule has 1 aromatic carbocycles. The van der Waals surface area contributed by atoms with E-state index in [2.05, 4.69) is 6.92 Å². The van der Waals surface area contributed by atoms with Gasteiger partial charge in [-0.25, -0.2) is 4.79 Å². The van der Waals surface area contributed by atoms with Gasteiger partial charge in [0.1, 0.15) is 5.75 Å². The molecule has 4 heteroatoms. The van der Waals surface area contributed by atoms with Gasteiger partial charge in [-0.2, -0.15) is 0 Å². The average molecular weight is 279 g/mol. The number of anilines is 1. The number of carbonyl (C=O) groups is 1. The van der Waals surface area contributed by atoms with E-state index in [4.69, 9.17) is 15.6 Å². The molecule has 0 saturated heterocycles. The summed E-state index contributed by atoms with van der Waals surface area (Å²) in [5.74, 6) is -0.498. The van der Waals surface area contributed by atoms with Gasteiger partial charge in [0.2, 0.25) is 0 Å². The second kappa shape index (κ2) is 9.23. The van der Waals surface area contributed by atoms with Gasteiger partial charge in [0.15, 0.2) is 0 Å². The Kier molecular flexibility index (Phi) is 7.55. The maximum atomic E-state index is 10.9. The van der Waals surface area contributed by atoms with E-state index < -0.39 is 5.97 Å². The van der Waals surface area contributed by atoms with Crippen LogP contribution in [0, 0.1) is 0 Å². The molecule has 0 unspecified atom stereocenters. The average Bonchev–Trinajstić information content (AvgIpc) is 2.43. The highest BCUT2D eigenvalue weighted by atomic mass is 16.5. The first-order valence-electron chi connectivity index (χ1n) is 7.40. The topological polar surface area (TPSA) is 72.5 Å². The molecule has 0 fully saturated rings. The Morgan fingerprint density at radius 3 is 2.45 bits per heavy atom. The number of rotatable bonds is 10. The number of hydrogen-bond acceptors (Lipinski definition) is 3. The maximum Gasteiger partial charge on any atom is 0.335 e. The molecule has 4 nitrogen and oxygen atoms in total. The number of aromatic carboxylic acids is 1. The third kappa shape index (κ3) is 5.95. The fourth-order valence-corrected chi connectivity index (χ4v) is 2.03. The summed E-state index contributed by atoms with van der Waals surface area (Å²) in [6.07, 6.45) is 8.52. The first-order valence-corrected chi connectivity index (χ1v) is 7.40. The molecule has 0 saturated carbocycles. The summed E-state index contributed by atoms with van der Waals surface area (Å²) in [6.45, 7) is 2.80. The Hall–Kier alpha value is -1.71. The third-order valence-corrected chi connectivity index (χ3v) is 3.27. The van der Waals surface area contributed by atoms with Crippen molar-refractivity contribution in [3.8, 4) is 5.75 Å². The van der Waals surface area contributed by atoms with E-state index in [0.717, 1.165) is 12.8 Å². The van der Waals surface area contributed by atoms with Crippen LogP contribution in [-0.2, 0) is 0 Å². The second-order valence-electron chi connectivity index (χ2n) is 5.03. The fraction of sp³-hybridized carbons (Fsp3) is 0.562. The molecule has 0 aromatic heterocycles. The molecule has 0 radical (unpaired) electrons. The molecule has 0 aliphatic heterocycles. The Morgan fingerprint density at radius 2 is 1.80 bits per heavy atom. The summed E-state index contributed by atoms with van der Waals surface area (Å²) in [7, 11) is 0. The Labute approximate surface area is 120 Å². The van der Waals surface area contributed by atoms with Crippen molar-refractivity contribution in [3.05, 3.63) is 23.8 Å². The first kappa shape index (κ1) is 16.3. The van der Waals surface area contributed by atoms with Crippen molar-refractivity contribution in [1.82, 2.24) is 0 Å². The van der Waals surface area contributed by atoms with Gasteiger partial charge in [0, 0.05) is 0 Å². The number of ether oxygens (including phenoxy) is 1. The van der Waals surface area contributed by atoms with Gasteiger partial charge in [-0.1, -0.05) is 45.4 Å². The number of benzene rings is 1.